The van der Waals surface area contributed by atoms with Gasteiger partial charge in [-0.05, 0) is 38.8 Å². The Morgan fingerprint density at radius 2 is 1.81 bits per heavy atom. The van der Waals surface area contributed by atoms with Crippen LogP contribution in [-0.4, -0.2) is 50.0 Å². The van der Waals surface area contributed by atoms with Crippen LogP contribution in [0.1, 0.15) is 65.1 Å². The average Bonchev–Trinajstić information content (AvgIpc) is 2.93. The van der Waals surface area contributed by atoms with Gasteiger partial charge in [0.05, 0.1) is 17.5 Å². The molecule has 0 bridgehead atoms. The number of hydrogen-bond acceptors (Lipinski definition) is 5. The van der Waals surface area contributed by atoms with Crippen molar-refractivity contribution in [1.82, 2.24) is 30.8 Å². The molecule has 1 aliphatic carbocycles. The highest BCUT2D eigenvalue weighted by Crippen LogP contribution is 2.26. The van der Waals surface area contributed by atoms with Gasteiger partial charge in [-0.25, -0.2) is 0 Å². The molecule has 9 heteroatoms. The number of rotatable bonds is 6. The molecule has 1 aromatic rings. The van der Waals surface area contributed by atoms with E-state index < -0.39 is 5.54 Å². The molecular formula is C17H29ClN6O2. The smallest absolute Gasteiger partial charge is 0.235 e. The Balaban J connectivity index is 1.95. The van der Waals surface area contributed by atoms with Crippen LogP contribution in [0.4, 0.5) is 0 Å². The number of alkyl halides is 1. The highest BCUT2D eigenvalue weighted by molar-refractivity contribution is 6.27. The summed E-state index contributed by atoms with van der Waals surface area (Å²) < 4.78 is 0. The van der Waals surface area contributed by atoms with Crippen LogP contribution in [0.3, 0.4) is 0 Å². The van der Waals surface area contributed by atoms with E-state index in [1.54, 1.807) is 0 Å². The summed E-state index contributed by atoms with van der Waals surface area (Å²) in [5.41, 5.74) is -0.702. The molecule has 0 spiro atoms. The molecule has 1 aromatic heterocycles. The largest absolute Gasteiger partial charge is 0.353 e. The number of hydrogen-bond donors (Lipinski definition) is 2. The summed E-state index contributed by atoms with van der Waals surface area (Å²) in [4.78, 5) is 25.7. The van der Waals surface area contributed by atoms with Crippen LogP contribution in [0.5, 0.6) is 0 Å². The van der Waals surface area contributed by atoms with E-state index in [9.17, 15) is 9.59 Å². The molecule has 0 unspecified atom stereocenters. The van der Waals surface area contributed by atoms with Crippen molar-refractivity contribution in [3.8, 4) is 0 Å². The molecule has 8 nitrogen and oxygen atoms in total. The molecule has 0 saturated heterocycles. The van der Waals surface area contributed by atoms with Crippen LogP contribution >= 0.6 is 11.6 Å². The molecule has 2 N–H and O–H groups in total. The predicted octanol–water partition coefficient (Wildman–Crippen LogP) is 1.53. The van der Waals surface area contributed by atoms with Gasteiger partial charge >= 0.3 is 0 Å². The third kappa shape index (κ3) is 5.93. The van der Waals surface area contributed by atoms with Gasteiger partial charge in [0.25, 0.3) is 0 Å². The van der Waals surface area contributed by atoms with Crippen LogP contribution in [0.2, 0.25) is 0 Å². The molecule has 0 aromatic carbocycles. The lowest BCUT2D eigenvalue weighted by Crippen LogP contribution is -2.56. The van der Waals surface area contributed by atoms with E-state index in [4.69, 9.17) is 11.6 Å². The van der Waals surface area contributed by atoms with Crippen molar-refractivity contribution >= 4 is 23.4 Å². The van der Waals surface area contributed by atoms with Gasteiger partial charge < -0.3 is 10.6 Å². The summed E-state index contributed by atoms with van der Waals surface area (Å²) in [7, 11) is 0. The van der Waals surface area contributed by atoms with Gasteiger partial charge in [-0.2, -0.15) is 4.80 Å². The van der Waals surface area contributed by atoms with Gasteiger partial charge in [0.2, 0.25) is 11.8 Å². The maximum atomic E-state index is 12.3. The van der Waals surface area contributed by atoms with Gasteiger partial charge in [-0.1, -0.05) is 25.7 Å². The Hall–Kier alpha value is -1.70. The molecule has 0 atom stereocenters. The van der Waals surface area contributed by atoms with Gasteiger partial charge in [-0.3, -0.25) is 9.59 Å². The molecule has 2 amide bonds. The minimum atomic E-state index is -0.422. The Bertz CT molecular complexity index is 617. The lowest BCUT2D eigenvalue weighted by molar-refractivity contribution is -0.123. The normalized spacial score (nSPS) is 17.4. The fraction of sp³-hybridized carbons (Fsp3) is 0.824. The van der Waals surface area contributed by atoms with Gasteiger partial charge in [0.1, 0.15) is 5.88 Å². The van der Waals surface area contributed by atoms with E-state index in [1.165, 1.54) is 4.80 Å². The van der Waals surface area contributed by atoms with Crippen LogP contribution in [0.25, 0.3) is 0 Å². The van der Waals surface area contributed by atoms with Crippen molar-refractivity contribution in [2.24, 2.45) is 0 Å². The summed E-state index contributed by atoms with van der Waals surface area (Å²) in [5, 5.41) is 18.2. The third-order valence-corrected chi connectivity index (χ3v) is 4.83. The quantitative estimate of drug-likeness (QED) is 0.572. The molecule has 1 fully saturated rings. The van der Waals surface area contributed by atoms with Crippen LogP contribution < -0.4 is 10.6 Å². The minimum Gasteiger partial charge on any atom is -0.353 e. The predicted molar refractivity (Wildman–Crippen MR) is 98.8 cm³/mol. The SMILES string of the molecule is CC(C)(C)n1nnc(CC(=O)NCC2(NC(=O)CCl)CCCCCC2)n1. The van der Waals surface area contributed by atoms with E-state index in [0.717, 1.165) is 38.5 Å². The number of amides is 2. The Labute approximate surface area is 159 Å². The first-order valence-electron chi connectivity index (χ1n) is 9.17. The number of halogens is 1. The van der Waals surface area contributed by atoms with E-state index in [0.29, 0.717) is 12.4 Å². The van der Waals surface area contributed by atoms with Gasteiger partial charge in [0.15, 0.2) is 5.82 Å². The maximum Gasteiger partial charge on any atom is 0.235 e. The summed E-state index contributed by atoms with van der Waals surface area (Å²) >= 11 is 5.66. The molecule has 2 rings (SSSR count). The van der Waals surface area contributed by atoms with E-state index >= 15 is 0 Å². The molecule has 1 saturated carbocycles. The Kier molecular flexibility index (Phi) is 6.97. The summed E-state index contributed by atoms with van der Waals surface area (Å²) in [6, 6.07) is 0. The highest BCUT2D eigenvalue weighted by atomic mass is 35.5. The fourth-order valence-electron chi connectivity index (χ4n) is 3.15. The second-order valence-corrected chi connectivity index (χ2v) is 8.26. The highest BCUT2D eigenvalue weighted by Gasteiger charge is 2.33. The molecule has 1 heterocycles. The maximum absolute atomic E-state index is 12.3. The molecular weight excluding hydrogens is 356 g/mol. The molecule has 1 aliphatic rings. The first-order chi connectivity index (χ1) is 12.2. The summed E-state index contributed by atoms with van der Waals surface area (Å²) in [6.45, 7) is 6.29. The monoisotopic (exact) mass is 384 g/mol. The molecule has 0 aliphatic heterocycles. The molecule has 0 radical (unpaired) electrons. The average molecular weight is 385 g/mol. The van der Waals surface area contributed by atoms with E-state index in [-0.39, 0.29) is 29.7 Å². The van der Waals surface area contributed by atoms with Crippen molar-refractivity contribution in [2.75, 3.05) is 12.4 Å². The van der Waals surface area contributed by atoms with Crippen LogP contribution in [-0.2, 0) is 21.5 Å². The topological polar surface area (TPSA) is 102 Å². The lowest BCUT2D eigenvalue weighted by Gasteiger charge is -2.34. The number of carbonyl (C=O) groups excluding carboxylic acids is 2. The number of nitrogens with one attached hydrogen (secondary N) is 2. The van der Waals surface area contributed by atoms with Crippen molar-refractivity contribution in [1.29, 1.82) is 0 Å². The second kappa shape index (κ2) is 8.79. The van der Waals surface area contributed by atoms with E-state index in [2.05, 4.69) is 26.0 Å². The summed E-state index contributed by atoms with van der Waals surface area (Å²) in [6.07, 6.45) is 6.09. The zero-order valence-electron chi connectivity index (χ0n) is 15.8. The number of tetrazole rings is 1. The second-order valence-electron chi connectivity index (χ2n) is 8.00. The van der Waals surface area contributed by atoms with Crippen molar-refractivity contribution in [3.63, 3.8) is 0 Å². The Morgan fingerprint density at radius 3 is 2.35 bits per heavy atom. The van der Waals surface area contributed by atoms with Crippen LogP contribution in [0.15, 0.2) is 0 Å². The zero-order valence-corrected chi connectivity index (χ0v) is 16.6. The zero-order chi connectivity index (χ0) is 19.2. The number of carbonyl (C=O) groups is 2. The third-order valence-electron chi connectivity index (χ3n) is 4.58. The first kappa shape index (κ1) is 20.6. The molecule has 146 valence electrons. The Morgan fingerprint density at radius 1 is 1.15 bits per heavy atom. The first-order valence-corrected chi connectivity index (χ1v) is 9.71. The van der Waals surface area contributed by atoms with Crippen molar-refractivity contribution in [3.05, 3.63) is 5.82 Å². The lowest BCUT2D eigenvalue weighted by atomic mass is 9.89. The van der Waals surface area contributed by atoms with Crippen LogP contribution in [0, 0.1) is 0 Å². The minimum absolute atomic E-state index is 0.0651. The number of aromatic nitrogens is 4. The summed E-state index contributed by atoms with van der Waals surface area (Å²) in [5.74, 6) is -0.0628. The fourth-order valence-corrected chi connectivity index (χ4v) is 3.22. The van der Waals surface area contributed by atoms with Gasteiger partial charge in [-0.15, -0.1) is 21.8 Å². The molecule has 26 heavy (non-hydrogen) atoms. The van der Waals surface area contributed by atoms with Crippen molar-refractivity contribution < 1.29 is 9.59 Å². The van der Waals surface area contributed by atoms with Crippen molar-refractivity contribution in [2.45, 2.75) is 76.8 Å². The number of nitrogens with zero attached hydrogens (tertiary/aromatic N) is 4. The standard InChI is InChI=1S/C17H29ClN6O2/c1-16(2,3)24-22-13(21-23-24)10-14(25)19-12-17(20-15(26)11-18)8-6-4-5-7-9-17/h4-12H2,1-3H3,(H,19,25)(H,20,26). The van der Waals surface area contributed by atoms with E-state index in [1.807, 2.05) is 20.8 Å². The van der Waals surface area contributed by atoms with Gasteiger partial charge in [0, 0.05) is 6.54 Å².